The lowest BCUT2D eigenvalue weighted by atomic mass is 9.95. The van der Waals surface area contributed by atoms with Gasteiger partial charge in [0.2, 0.25) is 5.60 Å². The van der Waals surface area contributed by atoms with Gasteiger partial charge in [-0.2, -0.15) is 0 Å². The molecule has 0 saturated heterocycles. The second-order valence-electron chi connectivity index (χ2n) is 7.11. The second kappa shape index (κ2) is 8.19. The van der Waals surface area contributed by atoms with Crippen molar-refractivity contribution in [1.82, 2.24) is 0 Å². The van der Waals surface area contributed by atoms with E-state index in [-0.39, 0.29) is 0 Å². The Bertz CT molecular complexity index is 686. The molecule has 1 unspecified atom stereocenters. The van der Waals surface area contributed by atoms with Crippen LogP contribution in [0, 0.1) is 0 Å². The monoisotopic (exact) mass is 340 g/mol. The third-order valence-corrected chi connectivity index (χ3v) is 4.45. The van der Waals surface area contributed by atoms with Gasteiger partial charge < -0.3 is 9.84 Å². The highest BCUT2D eigenvalue weighted by Gasteiger charge is 2.36. The zero-order valence-electron chi connectivity index (χ0n) is 15.6. The molecule has 2 aromatic rings. The molecule has 0 bridgehead atoms. The molecule has 0 amide bonds. The minimum absolute atomic E-state index is 0.320. The van der Waals surface area contributed by atoms with E-state index < -0.39 is 11.6 Å². The molecule has 0 spiro atoms. The zero-order valence-corrected chi connectivity index (χ0v) is 15.6. The van der Waals surface area contributed by atoms with Crippen LogP contribution in [0.15, 0.2) is 48.5 Å². The first-order chi connectivity index (χ1) is 11.8. The molecule has 0 fully saturated rings. The van der Waals surface area contributed by atoms with Crippen molar-refractivity contribution in [2.24, 2.45) is 0 Å². The van der Waals surface area contributed by atoms with Crippen LogP contribution in [0.25, 0.3) is 0 Å². The van der Waals surface area contributed by atoms with Gasteiger partial charge in [0.05, 0.1) is 0 Å². The largest absolute Gasteiger partial charge is 0.478 e. The van der Waals surface area contributed by atoms with Crippen molar-refractivity contribution in [3.05, 3.63) is 65.2 Å². The normalized spacial score (nSPS) is 13.5. The van der Waals surface area contributed by atoms with Gasteiger partial charge in [0.25, 0.3) is 0 Å². The molecule has 0 radical (unpaired) electrons. The summed E-state index contributed by atoms with van der Waals surface area (Å²) in [6, 6.07) is 15.8. The fourth-order valence-corrected chi connectivity index (χ4v) is 2.84. The first kappa shape index (κ1) is 19.0. The van der Waals surface area contributed by atoms with Crippen LogP contribution in [0.3, 0.4) is 0 Å². The summed E-state index contributed by atoms with van der Waals surface area (Å²) in [5, 5.41) is 9.71. The summed E-state index contributed by atoms with van der Waals surface area (Å²) < 4.78 is 5.88. The van der Waals surface area contributed by atoms with Gasteiger partial charge in [-0.05, 0) is 48.1 Å². The summed E-state index contributed by atoms with van der Waals surface area (Å²) in [4.78, 5) is 11.8. The van der Waals surface area contributed by atoms with Crippen LogP contribution in [0.1, 0.15) is 56.7 Å². The maximum Gasteiger partial charge on any atom is 0.348 e. The van der Waals surface area contributed by atoms with Gasteiger partial charge in [0.15, 0.2) is 0 Å². The molecule has 1 N–H and O–H groups in total. The van der Waals surface area contributed by atoms with Crippen LogP contribution in [-0.4, -0.2) is 16.7 Å². The van der Waals surface area contributed by atoms with Gasteiger partial charge in [-0.3, -0.25) is 0 Å². The fraction of sp³-hybridized carbons (Fsp3) is 0.409. The zero-order chi connectivity index (χ0) is 18.4. The van der Waals surface area contributed by atoms with Crippen LogP contribution in [0.4, 0.5) is 0 Å². The third-order valence-electron chi connectivity index (χ3n) is 4.45. The van der Waals surface area contributed by atoms with Crippen LogP contribution in [0.5, 0.6) is 5.75 Å². The molecule has 2 aromatic carbocycles. The van der Waals surface area contributed by atoms with E-state index in [9.17, 15) is 9.90 Å². The Balaban J connectivity index is 2.15. The van der Waals surface area contributed by atoms with Gasteiger partial charge >= 0.3 is 5.97 Å². The maximum absolute atomic E-state index is 11.8. The number of carboxylic acid groups (broad SMARTS) is 1. The van der Waals surface area contributed by atoms with E-state index in [0.29, 0.717) is 18.1 Å². The molecule has 3 nitrogen and oxygen atoms in total. The minimum atomic E-state index is -1.30. The molecule has 0 aliphatic carbocycles. The van der Waals surface area contributed by atoms with E-state index >= 15 is 0 Å². The maximum atomic E-state index is 11.8. The van der Waals surface area contributed by atoms with Gasteiger partial charge in [-0.1, -0.05) is 63.6 Å². The minimum Gasteiger partial charge on any atom is -0.478 e. The van der Waals surface area contributed by atoms with Crippen LogP contribution >= 0.6 is 0 Å². The summed E-state index contributed by atoms with van der Waals surface area (Å²) in [5.74, 6) is 0.0523. The molecule has 0 heterocycles. The number of hydrogen-bond acceptors (Lipinski definition) is 2. The Morgan fingerprint density at radius 2 is 1.60 bits per heavy atom. The fourth-order valence-electron chi connectivity index (χ4n) is 2.84. The standard InChI is InChI=1S/C22H28O3/c1-5-6-17-7-9-18(10-8-17)15-22(4,21(23)24)25-20-13-11-19(12-14-20)16(2)3/h7-14,16H,5-6,15H2,1-4H3,(H,23,24). The summed E-state index contributed by atoms with van der Waals surface area (Å²) in [7, 11) is 0. The van der Waals surface area contributed by atoms with E-state index in [2.05, 4.69) is 32.9 Å². The van der Waals surface area contributed by atoms with Crippen molar-refractivity contribution >= 4 is 5.97 Å². The van der Waals surface area contributed by atoms with Gasteiger partial charge in [0, 0.05) is 6.42 Å². The summed E-state index contributed by atoms with van der Waals surface area (Å²) >= 11 is 0. The predicted octanol–water partition coefficient (Wildman–Crippen LogP) is 5.23. The molecular weight excluding hydrogens is 312 g/mol. The SMILES string of the molecule is CCCc1ccc(CC(C)(Oc2ccc(C(C)C)cc2)C(=O)O)cc1. The first-order valence-electron chi connectivity index (χ1n) is 8.94. The number of carbonyl (C=O) groups is 1. The lowest BCUT2D eigenvalue weighted by Gasteiger charge is -2.27. The topological polar surface area (TPSA) is 46.5 Å². The molecule has 25 heavy (non-hydrogen) atoms. The lowest BCUT2D eigenvalue weighted by molar-refractivity contribution is -0.153. The Kier molecular flexibility index (Phi) is 6.24. The third kappa shape index (κ3) is 5.09. The molecule has 0 aromatic heterocycles. The Hall–Kier alpha value is -2.29. The van der Waals surface area contributed by atoms with Crippen molar-refractivity contribution in [2.45, 2.75) is 58.5 Å². The van der Waals surface area contributed by atoms with Crippen LogP contribution in [-0.2, 0) is 17.6 Å². The molecule has 0 aliphatic rings. The summed E-state index contributed by atoms with van der Waals surface area (Å²) in [5.41, 5.74) is 2.14. The number of benzene rings is 2. The first-order valence-corrected chi connectivity index (χ1v) is 8.94. The highest BCUT2D eigenvalue weighted by molar-refractivity contribution is 5.78. The molecule has 1 atom stereocenters. The van der Waals surface area contributed by atoms with E-state index in [1.807, 2.05) is 36.4 Å². The van der Waals surface area contributed by atoms with Crippen LogP contribution in [0.2, 0.25) is 0 Å². The smallest absolute Gasteiger partial charge is 0.348 e. The highest BCUT2D eigenvalue weighted by Crippen LogP contribution is 2.25. The summed E-state index contributed by atoms with van der Waals surface area (Å²) in [6.45, 7) is 8.03. The number of hydrogen-bond donors (Lipinski definition) is 1. The quantitative estimate of drug-likeness (QED) is 0.716. The van der Waals surface area contributed by atoms with Gasteiger partial charge in [-0.25, -0.2) is 4.79 Å². The predicted molar refractivity (Wildman–Crippen MR) is 101 cm³/mol. The van der Waals surface area contributed by atoms with E-state index in [0.717, 1.165) is 18.4 Å². The number of carboxylic acids is 1. The molecule has 3 heteroatoms. The average molecular weight is 340 g/mol. The van der Waals surface area contributed by atoms with Crippen molar-refractivity contribution in [1.29, 1.82) is 0 Å². The Morgan fingerprint density at radius 3 is 2.08 bits per heavy atom. The van der Waals surface area contributed by atoms with E-state index in [4.69, 9.17) is 4.74 Å². The van der Waals surface area contributed by atoms with Crippen molar-refractivity contribution in [3.63, 3.8) is 0 Å². The number of ether oxygens (including phenoxy) is 1. The summed E-state index contributed by atoms with van der Waals surface area (Å²) in [6.07, 6.45) is 2.46. The average Bonchev–Trinajstić information content (AvgIpc) is 2.57. The highest BCUT2D eigenvalue weighted by atomic mass is 16.5. The molecule has 0 saturated carbocycles. The number of aliphatic carboxylic acids is 1. The van der Waals surface area contributed by atoms with E-state index in [1.54, 1.807) is 6.92 Å². The van der Waals surface area contributed by atoms with Crippen molar-refractivity contribution in [3.8, 4) is 5.75 Å². The lowest BCUT2D eigenvalue weighted by Crippen LogP contribution is -2.43. The van der Waals surface area contributed by atoms with Crippen molar-refractivity contribution in [2.75, 3.05) is 0 Å². The van der Waals surface area contributed by atoms with Crippen LogP contribution < -0.4 is 4.74 Å². The van der Waals surface area contributed by atoms with Gasteiger partial charge in [-0.15, -0.1) is 0 Å². The molecule has 134 valence electrons. The Morgan fingerprint density at radius 1 is 1.04 bits per heavy atom. The molecule has 2 rings (SSSR count). The number of rotatable bonds is 8. The molecule has 0 aliphatic heterocycles. The Labute approximate surface area is 150 Å². The number of aryl methyl sites for hydroxylation is 1. The van der Waals surface area contributed by atoms with Gasteiger partial charge in [0.1, 0.15) is 5.75 Å². The van der Waals surface area contributed by atoms with Crippen molar-refractivity contribution < 1.29 is 14.6 Å². The second-order valence-corrected chi connectivity index (χ2v) is 7.11. The molecular formula is C22H28O3. The van der Waals surface area contributed by atoms with E-state index in [1.165, 1.54) is 11.1 Å².